The monoisotopic (exact) mass is 290 g/mol. The molecule has 0 aromatic heterocycles. The molecule has 0 amide bonds. The minimum absolute atomic E-state index is 0.0698. The third-order valence-corrected chi connectivity index (χ3v) is 4.57. The summed E-state index contributed by atoms with van der Waals surface area (Å²) in [5.41, 5.74) is 0.590. The summed E-state index contributed by atoms with van der Waals surface area (Å²) in [7, 11) is 0. The van der Waals surface area contributed by atoms with Crippen LogP contribution in [0.5, 0.6) is 0 Å². The van der Waals surface area contributed by atoms with E-state index in [4.69, 9.17) is 4.74 Å². The molecule has 2 rings (SSSR count). The molecular weight excluding hydrogens is 264 g/mol. The molecule has 1 aromatic rings. The van der Waals surface area contributed by atoms with Crippen molar-refractivity contribution in [2.45, 2.75) is 52.2 Å². The summed E-state index contributed by atoms with van der Waals surface area (Å²) >= 11 is 0. The average Bonchev–Trinajstić information content (AvgIpc) is 2.47. The summed E-state index contributed by atoms with van der Waals surface area (Å²) in [6, 6.07) is 8.97. The van der Waals surface area contributed by atoms with Gasteiger partial charge in [-0.1, -0.05) is 57.5 Å². The molecule has 0 saturated heterocycles. The second-order valence-electron chi connectivity index (χ2n) is 6.61. The number of benzene rings is 1. The molecule has 0 bridgehead atoms. The van der Waals surface area contributed by atoms with E-state index >= 15 is 0 Å². The maximum atomic E-state index is 12.2. The molecule has 1 aromatic carbocycles. The molecule has 1 saturated carbocycles. The second kappa shape index (κ2) is 7.08. The van der Waals surface area contributed by atoms with Crippen LogP contribution in [0.2, 0.25) is 0 Å². The molecule has 1 fully saturated rings. The van der Waals surface area contributed by atoms with E-state index in [0.29, 0.717) is 23.3 Å². The molecule has 4 atom stereocenters. The number of carbonyl (C=O) groups excluding carboxylic acids is 1. The van der Waals surface area contributed by atoms with E-state index in [0.717, 1.165) is 12.8 Å². The fourth-order valence-electron chi connectivity index (χ4n) is 3.24. The molecule has 0 aliphatic heterocycles. The second-order valence-corrected chi connectivity index (χ2v) is 6.61. The van der Waals surface area contributed by atoms with Gasteiger partial charge in [-0.25, -0.2) is 4.79 Å². The Bertz CT molecular complexity index is 455. The highest BCUT2D eigenvalue weighted by Gasteiger charge is 2.34. The topological polar surface area (TPSA) is 46.5 Å². The van der Waals surface area contributed by atoms with Gasteiger partial charge in [0, 0.05) is 0 Å². The summed E-state index contributed by atoms with van der Waals surface area (Å²) in [5, 5.41) is 10.1. The summed E-state index contributed by atoms with van der Waals surface area (Å²) in [6.45, 7) is 6.55. The summed E-state index contributed by atoms with van der Waals surface area (Å²) < 4.78 is 5.66. The lowest BCUT2D eigenvalue weighted by atomic mass is 9.75. The minimum atomic E-state index is -1.18. The zero-order chi connectivity index (χ0) is 15.4. The van der Waals surface area contributed by atoms with Crippen LogP contribution < -0.4 is 0 Å². The van der Waals surface area contributed by atoms with Gasteiger partial charge in [-0.3, -0.25) is 0 Å². The first-order valence-electron chi connectivity index (χ1n) is 7.92. The minimum Gasteiger partial charge on any atom is -0.460 e. The maximum Gasteiger partial charge on any atom is 0.339 e. The average molecular weight is 290 g/mol. The van der Waals surface area contributed by atoms with E-state index in [2.05, 4.69) is 20.8 Å². The Balaban J connectivity index is 2.02. The Labute approximate surface area is 127 Å². The van der Waals surface area contributed by atoms with Gasteiger partial charge in [0.05, 0.1) is 0 Å². The van der Waals surface area contributed by atoms with Gasteiger partial charge in [0.2, 0.25) is 0 Å². The van der Waals surface area contributed by atoms with Gasteiger partial charge in [0.15, 0.2) is 6.10 Å². The van der Waals surface area contributed by atoms with Crippen LogP contribution in [-0.4, -0.2) is 17.2 Å². The predicted molar refractivity (Wildman–Crippen MR) is 82.6 cm³/mol. The zero-order valence-corrected chi connectivity index (χ0v) is 13.2. The molecule has 116 valence electrons. The summed E-state index contributed by atoms with van der Waals surface area (Å²) in [6.07, 6.45) is 1.93. The Morgan fingerprint density at radius 2 is 1.90 bits per heavy atom. The molecule has 1 aliphatic rings. The molecule has 0 radical (unpaired) electrons. The third kappa shape index (κ3) is 4.07. The van der Waals surface area contributed by atoms with Gasteiger partial charge in [0.1, 0.15) is 6.10 Å². The number of hydrogen-bond acceptors (Lipinski definition) is 3. The molecular formula is C18H26O3. The van der Waals surface area contributed by atoms with Crippen LogP contribution in [0.4, 0.5) is 0 Å². The summed E-state index contributed by atoms with van der Waals surface area (Å²) in [4.78, 5) is 12.2. The van der Waals surface area contributed by atoms with Crippen molar-refractivity contribution in [3.8, 4) is 0 Å². The largest absolute Gasteiger partial charge is 0.460 e. The van der Waals surface area contributed by atoms with Crippen molar-refractivity contribution in [2.75, 3.05) is 0 Å². The van der Waals surface area contributed by atoms with Gasteiger partial charge < -0.3 is 9.84 Å². The van der Waals surface area contributed by atoms with Crippen LogP contribution in [0.3, 0.4) is 0 Å². The van der Waals surface area contributed by atoms with Gasteiger partial charge in [-0.05, 0) is 36.2 Å². The lowest BCUT2D eigenvalue weighted by molar-refractivity contribution is -0.166. The van der Waals surface area contributed by atoms with E-state index in [1.807, 2.05) is 18.2 Å². The van der Waals surface area contributed by atoms with Crippen LogP contribution in [0.25, 0.3) is 0 Å². The quantitative estimate of drug-likeness (QED) is 0.860. The summed E-state index contributed by atoms with van der Waals surface area (Å²) in [5.74, 6) is 0.940. The van der Waals surface area contributed by atoms with Crippen molar-refractivity contribution in [1.29, 1.82) is 0 Å². The van der Waals surface area contributed by atoms with Crippen LogP contribution in [0, 0.1) is 17.8 Å². The SMILES string of the molecule is CC(C)[C@H]1CC[C@H](C)C[C@H]1OC(=O)[C@H](O)c1ccccc1. The van der Waals surface area contributed by atoms with Crippen molar-refractivity contribution in [2.24, 2.45) is 17.8 Å². The van der Waals surface area contributed by atoms with E-state index in [1.165, 1.54) is 6.42 Å². The first-order chi connectivity index (χ1) is 9.99. The molecule has 0 heterocycles. The van der Waals surface area contributed by atoms with Crippen molar-refractivity contribution >= 4 is 5.97 Å². The fraction of sp³-hybridized carbons (Fsp3) is 0.611. The first kappa shape index (κ1) is 16.0. The Hall–Kier alpha value is -1.35. The number of hydrogen-bond donors (Lipinski definition) is 1. The number of rotatable bonds is 4. The zero-order valence-electron chi connectivity index (χ0n) is 13.2. The maximum absolute atomic E-state index is 12.2. The molecule has 1 aliphatic carbocycles. The Morgan fingerprint density at radius 3 is 2.52 bits per heavy atom. The standard InChI is InChI=1S/C18H26O3/c1-12(2)15-10-9-13(3)11-16(15)21-18(20)17(19)14-7-5-4-6-8-14/h4-8,12-13,15-17,19H,9-11H2,1-3H3/t13-,15+,16+,17+/m0/s1. The molecule has 3 heteroatoms. The smallest absolute Gasteiger partial charge is 0.339 e. The van der Waals surface area contributed by atoms with Crippen LogP contribution >= 0.6 is 0 Å². The predicted octanol–water partition coefficient (Wildman–Crippen LogP) is 3.72. The van der Waals surface area contributed by atoms with Crippen LogP contribution in [-0.2, 0) is 9.53 Å². The van der Waals surface area contributed by atoms with Gasteiger partial charge >= 0.3 is 5.97 Å². The highest BCUT2D eigenvalue weighted by Crippen LogP contribution is 2.36. The number of ether oxygens (including phenoxy) is 1. The van der Waals surface area contributed by atoms with Gasteiger partial charge in [-0.2, -0.15) is 0 Å². The molecule has 21 heavy (non-hydrogen) atoms. The number of aliphatic hydroxyl groups is 1. The van der Waals surface area contributed by atoms with E-state index < -0.39 is 12.1 Å². The highest BCUT2D eigenvalue weighted by molar-refractivity contribution is 5.76. The van der Waals surface area contributed by atoms with Crippen molar-refractivity contribution in [3.05, 3.63) is 35.9 Å². The van der Waals surface area contributed by atoms with Gasteiger partial charge in [-0.15, -0.1) is 0 Å². The molecule has 1 N–H and O–H groups in total. The number of carbonyl (C=O) groups is 1. The van der Waals surface area contributed by atoms with Gasteiger partial charge in [0.25, 0.3) is 0 Å². The Morgan fingerprint density at radius 1 is 1.24 bits per heavy atom. The lowest BCUT2D eigenvalue weighted by Crippen LogP contribution is -2.37. The first-order valence-corrected chi connectivity index (χ1v) is 7.92. The van der Waals surface area contributed by atoms with E-state index in [1.54, 1.807) is 12.1 Å². The third-order valence-electron chi connectivity index (χ3n) is 4.57. The van der Waals surface area contributed by atoms with Crippen molar-refractivity contribution in [1.82, 2.24) is 0 Å². The number of aliphatic hydroxyl groups excluding tert-OH is 1. The number of esters is 1. The molecule has 3 nitrogen and oxygen atoms in total. The van der Waals surface area contributed by atoms with E-state index in [9.17, 15) is 9.90 Å². The van der Waals surface area contributed by atoms with Crippen molar-refractivity contribution in [3.63, 3.8) is 0 Å². The Kier molecular flexibility index (Phi) is 5.40. The molecule has 0 unspecified atom stereocenters. The lowest BCUT2D eigenvalue weighted by Gasteiger charge is -2.37. The van der Waals surface area contributed by atoms with Crippen molar-refractivity contribution < 1.29 is 14.6 Å². The van der Waals surface area contributed by atoms with Crippen LogP contribution in [0.15, 0.2) is 30.3 Å². The normalized spacial score (nSPS) is 27.4. The molecule has 0 spiro atoms. The van der Waals surface area contributed by atoms with E-state index in [-0.39, 0.29) is 6.10 Å². The highest BCUT2D eigenvalue weighted by atomic mass is 16.6. The van der Waals surface area contributed by atoms with Crippen LogP contribution in [0.1, 0.15) is 51.7 Å². The fourth-order valence-corrected chi connectivity index (χ4v) is 3.24.